The van der Waals surface area contributed by atoms with Crippen molar-refractivity contribution in [3.05, 3.63) is 59.2 Å². The molecule has 1 aromatic carbocycles. The Balaban J connectivity index is 1.65. The van der Waals surface area contributed by atoms with Crippen LogP contribution in [-0.4, -0.2) is 46.4 Å². The molecule has 176 valence electrons. The number of aliphatic hydroxyl groups excluding tert-OH is 1. The summed E-state index contributed by atoms with van der Waals surface area (Å²) < 4.78 is 20.0. The Labute approximate surface area is 193 Å². The molecule has 4 aliphatic rings. The number of Topliss-reactive ketones (excluding diaryl/α,β-unsaturated/α-hetero) is 1. The van der Waals surface area contributed by atoms with E-state index in [1.54, 1.807) is 49.4 Å². The quantitative estimate of drug-likeness (QED) is 0.538. The number of hydrogen-bond donors (Lipinski definition) is 2. The lowest BCUT2D eigenvalue weighted by molar-refractivity contribution is -0.190. The van der Waals surface area contributed by atoms with Gasteiger partial charge < -0.3 is 14.9 Å². The summed E-state index contributed by atoms with van der Waals surface area (Å²) in [6.07, 6.45) is 0.986. The summed E-state index contributed by atoms with van der Waals surface area (Å²) in [7, 11) is 0. The zero-order valence-corrected chi connectivity index (χ0v) is 19.4. The lowest BCUT2D eigenvalue weighted by Gasteiger charge is -2.48. The minimum Gasteiger partial charge on any atom is -0.451 e. The first-order chi connectivity index (χ1) is 15.5. The third-order valence-corrected chi connectivity index (χ3v) is 9.10. The lowest BCUT2D eigenvalue weighted by Crippen LogP contribution is -2.65. The number of allylic oxidation sites excluding steroid dienone is 1. The molecule has 6 heteroatoms. The molecule has 4 aliphatic carbocycles. The van der Waals surface area contributed by atoms with Crippen molar-refractivity contribution in [1.29, 1.82) is 0 Å². The number of ketones is 1. The van der Waals surface area contributed by atoms with Crippen LogP contribution in [-0.2, 0) is 9.53 Å². The van der Waals surface area contributed by atoms with Gasteiger partial charge in [-0.15, -0.1) is 0 Å². The van der Waals surface area contributed by atoms with E-state index in [9.17, 15) is 24.2 Å². The van der Waals surface area contributed by atoms with E-state index in [0.717, 1.165) is 0 Å². The number of alkyl halides is 1. The lowest BCUT2D eigenvalue weighted by atomic mass is 9.59. The SMILES string of the molecule is CC1=C[C@]23C(=O)[C@@H](C=C(CF)[C@@H](O)[C@]2(O)[C@H]1OC(=O)c1ccccc1)[C@H]1[C@@H](C[C@H]3C)C1(C)C. The predicted octanol–water partition coefficient (Wildman–Crippen LogP) is 3.66. The number of ether oxygens (including phenoxy) is 1. The zero-order valence-electron chi connectivity index (χ0n) is 19.4. The van der Waals surface area contributed by atoms with Crippen LogP contribution < -0.4 is 0 Å². The van der Waals surface area contributed by atoms with Crippen molar-refractivity contribution in [1.82, 2.24) is 0 Å². The summed E-state index contributed by atoms with van der Waals surface area (Å²) in [4.78, 5) is 27.2. The van der Waals surface area contributed by atoms with E-state index >= 15 is 0 Å². The summed E-state index contributed by atoms with van der Waals surface area (Å²) in [6, 6.07) is 8.36. The maximum absolute atomic E-state index is 14.2. The molecule has 33 heavy (non-hydrogen) atoms. The molecule has 2 saturated carbocycles. The fourth-order valence-corrected chi connectivity index (χ4v) is 7.32. The maximum Gasteiger partial charge on any atom is 0.338 e. The molecule has 2 fully saturated rings. The van der Waals surface area contributed by atoms with Crippen molar-refractivity contribution < 1.29 is 28.9 Å². The zero-order chi connectivity index (χ0) is 23.9. The van der Waals surface area contributed by atoms with Crippen molar-refractivity contribution in [2.45, 2.75) is 51.9 Å². The van der Waals surface area contributed by atoms with E-state index < -0.39 is 41.8 Å². The van der Waals surface area contributed by atoms with Gasteiger partial charge >= 0.3 is 5.97 Å². The summed E-state index contributed by atoms with van der Waals surface area (Å²) in [6.45, 7) is 6.86. The van der Waals surface area contributed by atoms with Crippen LogP contribution in [0.2, 0.25) is 0 Å². The number of hydrogen-bond acceptors (Lipinski definition) is 5. The van der Waals surface area contributed by atoms with Crippen LogP contribution in [0.5, 0.6) is 0 Å². The molecule has 5 rings (SSSR count). The molecule has 1 spiro atoms. The van der Waals surface area contributed by atoms with Gasteiger partial charge in [0.15, 0.2) is 17.5 Å². The van der Waals surface area contributed by atoms with Gasteiger partial charge in [0.05, 0.1) is 11.0 Å². The highest BCUT2D eigenvalue weighted by atomic mass is 19.1. The highest BCUT2D eigenvalue weighted by molar-refractivity contribution is 5.96. The van der Waals surface area contributed by atoms with Crippen LogP contribution in [0, 0.1) is 34.5 Å². The molecular formula is C27H31FO5. The standard InChI is InChI=1S/C27H31FO5/c1-14-12-26-15(2)10-19-20(25(19,3)4)18(22(26)30)11-17(13-28)21(29)27(26,32)23(14)33-24(31)16-8-6-5-7-9-16/h5-9,11-12,15,18-21,23,29,32H,10,13H2,1-4H3/t15-,18+,19-,20+,21-,23+,26+,27+/m1/s1. The van der Waals surface area contributed by atoms with E-state index in [2.05, 4.69) is 13.8 Å². The van der Waals surface area contributed by atoms with Crippen LogP contribution in [0.25, 0.3) is 0 Å². The third-order valence-electron chi connectivity index (χ3n) is 9.10. The number of aliphatic hydroxyl groups is 2. The fraction of sp³-hybridized carbons (Fsp3) is 0.556. The molecular weight excluding hydrogens is 423 g/mol. The third kappa shape index (κ3) is 2.71. The molecule has 1 aromatic rings. The average molecular weight is 455 g/mol. The molecule has 0 unspecified atom stereocenters. The van der Waals surface area contributed by atoms with E-state index in [-0.39, 0.29) is 34.5 Å². The first-order valence-corrected chi connectivity index (χ1v) is 11.7. The number of esters is 1. The Bertz CT molecular complexity index is 1080. The van der Waals surface area contributed by atoms with Gasteiger partial charge in [0, 0.05) is 5.92 Å². The fourth-order valence-electron chi connectivity index (χ4n) is 7.32. The second-order valence-electron chi connectivity index (χ2n) is 11.0. The number of benzene rings is 1. The average Bonchev–Trinajstić information content (AvgIpc) is 3.28. The molecule has 2 N–H and O–H groups in total. The van der Waals surface area contributed by atoms with Gasteiger partial charge in [0.25, 0.3) is 0 Å². The van der Waals surface area contributed by atoms with E-state index in [1.165, 1.54) is 0 Å². The highest BCUT2D eigenvalue weighted by Gasteiger charge is 2.76. The van der Waals surface area contributed by atoms with Gasteiger partial charge in [-0.1, -0.05) is 51.1 Å². The molecule has 2 bridgehead atoms. The number of rotatable bonds is 3. The summed E-state index contributed by atoms with van der Waals surface area (Å²) in [5.41, 5.74) is -2.96. The van der Waals surface area contributed by atoms with Crippen molar-refractivity contribution in [2.24, 2.45) is 34.5 Å². The van der Waals surface area contributed by atoms with Gasteiger partial charge in [-0.2, -0.15) is 0 Å². The minimum absolute atomic E-state index is 0.0165. The van der Waals surface area contributed by atoms with Gasteiger partial charge in [0.1, 0.15) is 12.8 Å². The second-order valence-corrected chi connectivity index (χ2v) is 11.0. The highest BCUT2D eigenvalue weighted by Crippen LogP contribution is 2.71. The molecule has 0 saturated heterocycles. The molecule has 8 atom stereocenters. The minimum atomic E-state index is -2.19. The van der Waals surface area contributed by atoms with Crippen LogP contribution in [0.3, 0.4) is 0 Å². The molecule has 0 aliphatic heterocycles. The summed E-state index contributed by atoms with van der Waals surface area (Å²) >= 11 is 0. The molecule has 0 heterocycles. The first kappa shape index (κ1) is 22.5. The number of fused-ring (bicyclic) bond motifs is 3. The van der Waals surface area contributed by atoms with Crippen molar-refractivity contribution in [2.75, 3.05) is 6.67 Å². The first-order valence-electron chi connectivity index (χ1n) is 11.7. The summed E-state index contributed by atoms with van der Waals surface area (Å²) in [5, 5.41) is 23.7. The largest absolute Gasteiger partial charge is 0.451 e. The summed E-state index contributed by atoms with van der Waals surface area (Å²) in [5.74, 6) is -1.52. The van der Waals surface area contributed by atoms with E-state index in [4.69, 9.17) is 4.74 Å². The predicted molar refractivity (Wildman–Crippen MR) is 120 cm³/mol. The van der Waals surface area contributed by atoms with Gasteiger partial charge in [0.2, 0.25) is 0 Å². The topological polar surface area (TPSA) is 83.8 Å². The number of halogens is 1. The van der Waals surface area contributed by atoms with Crippen LogP contribution in [0.1, 0.15) is 44.5 Å². The Morgan fingerprint density at radius 3 is 2.55 bits per heavy atom. The Morgan fingerprint density at radius 2 is 1.91 bits per heavy atom. The molecule has 5 nitrogen and oxygen atoms in total. The second kappa shape index (κ2) is 7.09. The Kier molecular flexibility index (Phi) is 4.83. The number of carbonyl (C=O) groups excluding carboxylic acids is 2. The maximum atomic E-state index is 14.2. The monoisotopic (exact) mass is 454 g/mol. The van der Waals surface area contributed by atoms with E-state index in [0.29, 0.717) is 17.6 Å². The number of carbonyl (C=O) groups is 2. The Hall–Kier alpha value is -2.31. The smallest absolute Gasteiger partial charge is 0.338 e. The normalized spacial score (nSPS) is 42.8. The molecule has 0 aromatic heterocycles. The van der Waals surface area contributed by atoms with Crippen LogP contribution in [0.4, 0.5) is 4.39 Å². The van der Waals surface area contributed by atoms with Crippen molar-refractivity contribution >= 4 is 11.8 Å². The van der Waals surface area contributed by atoms with Crippen molar-refractivity contribution in [3.8, 4) is 0 Å². The van der Waals surface area contributed by atoms with E-state index in [1.807, 2.05) is 6.92 Å². The van der Waals surface area contributed by atoms with Crippen LogP contribution >= 0.6 is 0 Å². The van der Waals surface area contributed by atoms with Gasteiger partial charge in [-0.25, -0.2) is 9.18 Å². The molecule has 0 amide bonds. The van der Waals surface area contributed by atoms with Crippen LogP contribution in [0.15, 0.2) is 53.6 Å². The Morgan fingerprint density at radius 1 is 1.24 bits per heavy atom. The van der Waals surface area contributed by atoms with Gasteiger partial charge in [-0.3, -0.25) is 4.79 Å². The van der Waals surface area contributed by atoms with Gasteiger partial charge in [-0.05, 0) is 59.8 Å². The molecule has 0 radical (unpaired) electrons. The van der Waals surface area contributed by atoms with Crippen molar-refractivity contribution in [3.63, 3.8) is 0 Å².